The number of benzene rings is 4. The lowest BCUT2D eigenvalue weighted by Crippen LogP contribution is -2.07. The van der Waals surface area contributed by atoms with E-state index in [-0.39, 0.29) is 21.8 Å². The summed E-state index contributed by atoms with van der Waals surface area (Å²) in [5.74, 6) is 5.75. The van der Waals surface area contributed by atoms with Crippen LogP contribution in [0.3, 0.4) is 0 Å². The van der Waals surface area contributed by atoms with Gasteiger partial charge in [-0.3, -0.25) is 0 Å². The summed E-state index contributed by atoms with van der Waals surface area (Å²) in [6, 6.07) is 21.1. The fourth-order valence-electron chi connectivity index (χ4n) is 5.47. The summed E-state index contributed by atoms with van der Waals surface area (Å²) in [7, 11) is 0.504. The van der Waals surface area contributed by atoms with Crippen molar-refractivity contribution in [2.75, 3.05) is 23.0 Å². The van der Waals surface area contributed by atoms with Gasteiger partial charge in [0.2, 0.25) is 0 Å². The van der Waals surface area contributed by atoms with Crippen LogP contribution in [0.25, 0.3) is 21.5 Å². The van der Waals surface area contributed by atoms with Gasteiger partial charge in [-0.2, -0.15) is 0 Å². The van der Waals surface area contributed by atoms with Crippen molar-refractivity contribution in [1.29, 1.82) is 0 Å². The molecule has 0 unspecified atom stereocenters. The molecule has 2 saturated heterocycles. The predicted molar refractivity (Wildman–Crippen MR) is 143 cm³/mol. The molecule has 2 aliphatic rings. The molecule has 33 heavy (non-hydrogen) atoms. The van der Waals surface area contributed by atoms with Gasteiger partial charge in [0.25, 0.3) is 0 Å². The molecular weight excluding hydrogens is 444 g/mol. The van der Waals surface area contributed by atoms with E-state index in [9.17, 15) is 10.2 Å². The summed E-state index contributed by atoms with van der Waals surface area (Å²) < 4.78 is 0. The molecule has 4 aromatic carbocycles. The van der Waals surface area contributed by atoms with Crippen molar-refractivity contribution >= 4 is 43.3 Å². The lowest BCUT2D eigenvalue weighted by Gasteiger charge is -2.15. The van der Waals surface area contributed by atoms with Crippen molar-refractivity contribution in [3.63, 3.8) is 0 Å². The molecule has 0 spiro atoms. The molecule has 0 amide bonds. The van der Waals surface area contributed by atoms with Crippen LogP contribution in [0.4, 0.5) is 0 Å². The zero-order valence-electron chi connectivity index (χ0n) is 18.8. The van der Waals surface area contributed by atoms with Gasteiger partial charge in [-0.25, -0.2) is 0 Å². The molecule has 0 radical (unpaired) electrons. The summed E-state index contributed by atoms with van der Waals surface area (Å²) in [6.07, 6.45) is 5.74. The smallest absolute Gasteiger partial charge is 0.163 e. The Bertz CT molecular complexity index is 1230. The van der Waals surface area contributed by atoms with Gasteiger partial charge in [0.05, 0.1) is 0 Å². The van der Waals surface area contributed by atoms with Crippen molar-refractivity contribution in [2.24, 2.45) is 0 Å². The SMILES string of the molecule is Oc1c(Cc2cc([S+]3CCCC3)c3ccccc3c2O)cc([S+]2CCCC2)c2ccccc12. The maximum atomic E-state index is 11.3. The zero-order valence-corrected chi connectivity index (χ0v) is 20.5. The first-order chi connectivity index (χ1) is 16.2. The second-order valence-corrected chi connectivity index (χ2v) is 13.7. The van der Waals surface area contributed by atoms with E-state index < -0.39 is 0 Å². The van der Waals surface area contributed by atoms with Gasteiger partial charge in [-0.15, -0.1) is 0 Å². The Kier molecular flexibility index (Phi) is 5.67. The Labute approximate surface area is 201 Å². The third kappa shape index (κ3) is 3.77. The first-order valence-corrected chi connectivity index (χ1v) is 15.2. The van der Waals surface area contributed by atoms with Crippen molar-refractivity contribution in [3.8, 4) is 11.5 Å². The average molecular weight is 475 g/mol. The third-order valence-electron chi connectivity index (χ3n) is 7.18. The van der Waals surface area contributed by atoms with Gasteiger partial charge in [-0.05, 0) is 37.8 Å². The molecule has 6 rings (SSSR count). The van der Waals surface area contributed by atoms with Crippen molar-refractivity contribution < 1.29 is 10.2 Å². The normalized spacial score (nSPS) is 17.5. The van der Waals surface area contributed by atoms with Crippen LogP contribution in [0.2, 0.25) is 0 Å². The highest BCUT2D eigenvalue weighted by Crippen LogP contribution is 2.41. The van der Waals surface area contributed by atoms with E-state index in [1.165, 1.54) is 69.3 Å². The van der Waals surface area contributed by atoms with Crippen LogP contribution in [0, 0.1) is 0 Å². The van der Waals surface area contributed by atoms with E-state index in [0.717, 1.165) is 21.9 Å². The van der Waals surface area contributed by atoms with E-state index in [4.69, 9.17) is 0 Å². The highest BCUT2D eigenvalue weighted by molar-refractivity contribution is 7.97. The van der Waals surface area contributed by atoms with E-state index in [2.05, 4.69) is 36.4 Å². The summed E-state index contributed by atoms with van der Waals surface area (Å²) in [5.41, 5.74) is 1.88. The fraction of sp³-hybridized carbons (Fsp3) is 0.310. The van der Waals surface area contributed by atoms with E-state index in [0.29, 0.717) is 17.9 Å². The van der Waals surface area contributed by atoms with Crippen LogP contribution < -0.4 is 0 Å². The Morgan fingerprint density at radius 2 is 0.909 bits per heavy atom. The second-order valence-electron chi connectivity index (χ2n) is 9.25. The number of fused-ring (bicyclic) bond motifs is 2. The molecule has 2 nitrogen and oxygen atoms in total. The lowest BCUT2D eigenvalue weighted by atomic mass is 9.97. The Balaban J connectivity index is 1.50. The molecule has 2 fully saturated rings. The van der Waals surface area contributed by atoms with E-state index in [1.54, 1.807) is 0 Å². The zero-order chi connectivity index (χ0) is 22.4. The molecule has 0 atom stereocenters. The standard InChI is InChI=1S/C29H28O2S2/c30-28-20(18-26(32-13-5-6-14-32)22-9-1-3-11-24(22)28)17-21-19-27(33-15-7-8-16-33)23-10-2-4-12-25(23)29(21)31/h1-4,9-12,18-19H,5-8,13-17H2/p+2. The van der Waals surface area contributed by atoms with Crippen LogP contribution >= 0.6 is 0 Å². The Hall–Kier alpha value is -2.30. The number of hydrogen-bond acceptors (Lipinski definition) is 2. The van der Waals surface area contributed by atoms with Crippen LogP contribution in [-0.4, -0.2) is 33.2 Å². The molecule has 2 heterocycles. The third-order valence-corrected chi connectivity index (χ3v) is 12.2. The summed E-state index contributed by atoms with van der Waals surface area (Å²) in [4.78, 5) is 2.79. The minimum Gasteiger partial charge on any atom is -0.507 e. The van der Waals surface area contributed by atoms with Crippen LogP contribution in [0.15, 0.2) is 70.5 Å². The maximum absolute atomic E-state index is 11.3. The average Bonchev–Trinajstić information content (AvgIpc) is 3.57. The summed E-state index contributed by atoms with van der Waals surface area (Å²) in [5, 5.41) is 26.9. The molecule has 2 aliphatic heterocycles. The number of hydrogen-bond donors (Lipinski definition) is 2. The highest BCUT2D eigenvalue weighted by Gasteiger charge is 2.32. The molecule has 4 heteroatoms. The predicted octanol–water partition coefficient (Wildman–Crippen LogP) is 6.54. The molecular formula is C29H30O2S2+2. The molecule has 0 aliphatic carbocycles. The van der Waals surface area contributed by atoms with Gasteiger partial charge in [0.15, 0.2) is 9.79 Å². The van der Waals surface area contributed by atoms with Crippen LogP contribution in [0.5, 0.6) is 11.5 Å². The molecule has 0 bridgehead atoms. The molecule has 2 N–H and O–H groups in total. The van der Waals surface area contributed by atoms with Crippen molar-refractivity contribution in [3.05, 3.63) is 71.8 Å². The second kappa shape index (κ2) is 8.81. The van der Waals surface area contributed by atoms with Gasteiger partial charge in [0.1, 0.15) is 34.5 Å². The first kappa shape index (κ1) is 21.2. The molecule has 4 aromatic rings. The monoisotopic (exact) mass is 474 g/mol. The molecule has 0 saturated carbocycles. The first-order valence-electron chi connectivity index (χ1n) is 12.0. The minimum atomic E-state index is 0.252. The Morgan fingerprint density at radius 3 is 1.30 bits per heavy atom. The van der Waals surface area contributed by atoms with Crippen molar-refractivity contribution in [2.45, 2.75) is 41.9 Å². The largest absolute Gasteiger partial charge is 0.507 e. The van der Waals surface area contributed by atoms with Gasteiger partial charge < -0.3 is 10.2 Å². The van der Waals surface area contributed by atoms with Crippen LogP contribution in [-0.2, 0) is 28.2 Å². The number of phenols is 2. The van der Waals surface area contributed by atoms with E-state index in [1.807, 2.05) is 24.3 Å². The highest BCUT2D eigenvalue weighted by atomic mass is 32.2. The topological polar surface area (TPSA) is 40.5 Å². The summed E-state index contributed by atoms with van der Waals surface area (Å²) in [6.45, 7) is 0. The van der Waals surface area contributed by atoms with Crippen molar-refractivity contribution in [1.82, 2.24) is 0 Å². The number of rotatable bonds is 4. The number of phenolic OH excluding ortho intramolecular Hbond substituents is 2. The maximum Gasteiger partial charge on any atom is 0.163 e. The quantitative estimate of drug-likeness (QED) is 0.330. The van der Waals surface area contributed by atoms with Gasteiger partial charge in [-0.1, -0.05) is 36.4 Å². The van der Waals surface area contributed by atoms with Crippen LogP contribution in [0.1, 0.15) is 36.8 Å². The molecule has 168 valence electrons. The minimum absolute atomic E-state index is 0.252. The van der Waals surface area contributed by atoms with E-state index >= 15 is 0 Å². The lowest BCUT2D eigenvalue weighted by molar-refractivity contribution is 0.469. The summed E-state index contributed by atoms with van der Waals surface area (Å²) >= 11 is 0. The Morgan fingerprint density at radius 1 is 0.545 bits per heavy atom. The fourth-order valence-corrected chi connectivity index (χ4v) is 10.6. The number of aromatic hydroxyl groups is 2. The van der Waals surface area contributed by atoms with Gasteiger partial charge in [0, 0.05) is 73.0 Å². The molecule has 0 aromatic heterocycles. The van der Waals surface area contributed by atoms with Gasteiger partial charge >= 0.3 is 0 Å².